The number of amides is 1. The quantitative estimate of drug-likeness (QED) is 0.623. The highest BCUT2D eigenvalue weighted by Crippen LogP contribution is 2.35. The van der Waals surface area contributed by atoms with Gasteiger partial charge in [-0.25, -0.2) is 9.50 Å². The minimum Gasteiger partial charge on any atom is -0.342 e. The van der Waals surface area contributed by atoms with E-state index in [1.807, 2.05) is 69.0 Å². The Hall–Kier alpha value is -2.41. The van der Waals surface area contributed by atoms with Crippen LogP contribution in [-0.4, -0.2) is 43.5 Å². The van der Waals surface area contributed by atoms with Crippen molar-refractivity contribution in [3.05, 3.63) is 53.3 Å². The van der Waals surface area contributed by atoms with Crippen LogP contribution in [0.1, 0.15) is 36.0 Å². The van der Waals surface area contributed by atoms with E-state index < -0.39 is 0 Å². The van der Waals surface area contributed by atoms with E-state index in [4.69, 9.17) is 0 Å². The zero-order chi connectivity index (χ0) is 18.7. The summed E-state index contributed by atoms with van der Waals surface area (Å²) in [6.07, 6.45) is 0. The summed E-state index contributed by atoms with van der Waals surface area (Å²) in [6.45, 7) is 9.25. The van der Waals surface area contributed by atoms with E-state index >= 15 is 0 Å². The minimum absolute atomic E-state index is 0.0749. The van der Waals surface area contributed by atoms with Gasteiger partial charge < -0.3 is 4.90 Å². The van der Waals surface area contributed by atoms with Crippen LogP contribution in [-0.2, 0) is 4.79 Å². The van der Waals surface area contributed by atoms with Gasteiger partial charge in [-0.05, 0) is 39.3 Å². The Kier molecular flexibility index (Phi) is 5.56. The smallest absolute Gasteiger partial charge is 0.253 e. The van der Waals surface area contributed by atoms with Crippen molar-refractivity contribution in [3.8, 4) is 0 Å². The number of aryl methyl sites for hydroxylation is 2. The van der Waals surface area contributed by atoms with Crippen LogP contribution in [0.5, 0.6) is 0 Å². The molecular formula is C19H23N5OS. The van der Waals surface area contributed by atoms with Gasteiger partial charge in [0.1, 0.15) is 5.25 Å². The number of carbonyl (C=O) groups excluding carboxylic acids is 1. The van der Waals surface area contributed by atoms with Crippen LogP contribution in [0.15, 0.2) is 41.6 Å². The van der Waals surface area contributed by atoms with E-state index in [1.165, 1.54) is 11.8 Å². The van der Waals surface area contributed by atoms with Crippen LogP contribution in [0.2, 0.25) is 0 Å². The first-order valence-electron chi connectivity index (χ1n) is 8.74. The average molecular weight is 369 g/mol. The van der Waals surface area contributed by atoms with Crippen LogP contribution in [0.4, 0.5) is 0 Å². The summed E-state index contributed by atoms with van der Waals surface area (Å²) in [6, 6.07) is 11.8. The first kappa shape index (κ1) is 18.4. The van der Waals surface area contributed by atoms with Gasteiger partial charge in [0.25, 0.3) is 5.78 Å². The molecule has 6 nitrogen and oxygen atoms in total. The molecule has 1 amide bonds. The predicted octanol–water partition coefficient (Wildman–Crippen LogP) is 3.44. The predicted molar refractivity (Wildman–Crippen MR) is 103 cm³/mol. The molecule has 0 saturated heterocycles. The number of rotatable bonds is 6. The second-order valence-electron chi connectivity index (χ2n) is 6.06. The Balaban J connectivity index is 1.98. The molecule has 1 aromatic carbocycles. The van der Waals surface area contributed by atoms with E-state index in [0.717, 1.165) is 17.0 Å². The number of hydrogen-bond donors (Lipinski definition) is 0. The summed E-state index contributed by atoms with van der Waals surface area (Å²) in [5, 5.41) is 4.72. The van der Waals surface area contributed by atoms with Gasteiger partial charge in [0.05, 0.1) is 0 Å². The Bertz CT molecular complexity index is 905. The van der Waals surface area contributed by atoms with E-state index in [2.05, 4.69) is 15.1 Å². The summed E-state index contributed by atoms with van der Waals surface area (Å²) in [5.74, 6) is 0.637. The lowest BCUT2D eigenvalue weighted by atomic mass is 10.1. The molecule has 26 heavy (non-hydrogen) atoms. The highest BCUT2D eigenvalue weighted by atomic mass is 32.2. The number of benzene rings is 1. The van der Waals surface area contributed by atoms with E-state index in [9.17, 15) is 4.79 Å². The van der Waals surface area contributed by atoms with E-state index in [1.54, 1.807) is 4.52 Å². The monoisotopic (exact) mass is 369 g/mol. The molecule has 7 heteroatoms. The maximum Gasteiger partial charge on any atom is 0.253 e. The van der Waals surface area contributed by atoms with Crippen molar-refractivity contribution < 1.29 is 4.79 Å². The third kappa shape index (κ3) is 3.72. The average Bonchev–Trinajstić information content (AvgIpc) is 3.04. The Morgan fingerprint density at radius 1 is 1.15 bits per heavy atom. The highest BCUT2D eigenvalue weighted by Gasteiger charge is 2.27. The van der Waals surface area contributed by atoms with Crippen molar-refractivity contribution in [2.45, 2.75) is 38.1 Å². The van der Waals surface area contributed by atoms with Crippen LogP contribution < -0.4 is 0 Å². The number of likely N-dealkylation sites (N-methyl/N-ethyl adjacent to an activating group) is 1. The summed E-state index contributed by atoms with van der Waals surface area (Å²) >= 11 is 1.38. The first-order chi connectivity index (χ1) is 12.5. The number of hydrogen-bond acceptors (Lipinski definition) is 5. The molecule has 3 aromatic rings. The Labute approximate surface area is 157 Å². The van der Waals surface area contributed by atoms with Crippen LogP contribution in [0.25, 0.3) is 5.78 Å². The van der Waals surface area contributed by atoms with Crippen molar-refractivity contribution in [1.82, 2.24) is 24.5 Å². The van der Waals surface area contributed by atoms with Gasteiger partial charge in [0, 0.05) is 24.5 Å². The molecule has 0 aliphatic rings. The standard InChI is InChI=1S/C19H23N5OS/c1-5-23(6-2)17(25)16(15-10-8-7-9-11-15)26-19-21-18-20-13(3)12-14(4)24(18)22-19/h7-12,16H,5-6H2,1-4H3/t16-/m1/s1. The van der Waals surface area contributed by atoms with Crippen molar-refractivity contribution in [2.24, 2.45) is 0 Å². The molecular weight excluding hydrogens is 346 g/mol. The molecule has 0 aliphatic heterocycles. The van der Waals surface area contributed by atoms with Crippen molar-refractivity contribution in [1.29, 1.82) is 0 Å². The SMILES string of the molecule is CCN(CC)C(=O)[C@H](Sc1nc2nc(C)cc(C)n2n1)c1ccccc1. The summed E-state index contributed by atoms with van der Waals surface area (Å²) < 4.78 is 1.72. The van der Waals surface area contributed by atoms with Gasteiger partial charge in [-0.2, -0.15) is 4.98 Å². The summed E-state index contributed by atoms with van der Waals surface area (Å²) in [4.78, 5) is 23.9. The van der Waals surface area contributed by atoms with Gasteiger partial charge in [-0.15, -0.1) is 5.10 Å². The zero-order valence-corrected chi connectivity index (χ0v) is 16.3. The lowest BCUT2D eigenvalue weighted by Crippen LogP contribution is -2.33. The Morgan fingerprint density at radius 3 is 2.50 bits per heavy atom. The largest absolute Gasteiger partial charge is 0.342 e. The highest BCUT2D eigenvalue weighted by molar-refractivity contribution is 8.00. The summed E-state index contributed by atoms with van der Waals surface area (Å²) in [5.41, 5.74) is 2.82. The second-order valence-corrected chi connectivity index (χ2v) is 7.14. The molecule has 0 aliphatic carbocycles. The van der Waals surface area contributed by atoms with Gasteiger partial charge in [-0.1, -0.05) is 42.1 Å². The third-order valence-corrected chi connectivity index (χ3v) is 5.32. The number of nitrogens with zero attached hydrogens (tertiary/aromatic N) is 5. The van der Waals surface area contributed by atoms with E-state index in [-0.39, 0.29) is 11.2 Å². The molecule has 0 saturated carbocycles. The number of fused-ring (bicyclic) bond motifs is 1. The molecule has 0 bridgehead atoms. The molecule has 136 valence electrons. The maximum atomic E-state index is 13.1. The Morgan fingerprint density at radius 2 is 1.85 bits per heavy atom. The molecule has 0 fully saturated rings. The fraction of sp³-hybridized carbons (Fsp3) is 0.368. The third-order valence-electron chi connectivity index (χ3n) is 4.22. The van der Waals surface area contributed by atoms with Crippen LogP contribution in [0, 0.1) is 13.8 Å². The molecule has 0 radical (unpaired) electrons. The van der Waals surface area contributed by atoms with Gasteiger partial charge in [-0.3, -0.25) is 4.79 Å². The maximum absolute atomic E-state index is 13.1. The van der Waals surface area contributed by atoms with E-state index in [0.29, 0.717) is 24.0 Å². The van der Waals surface area contributed by atoms with Gasteiger partial charge >= 0.3 is 0 Å². The normalized spacial score (nSPS) is 12.3. The topological polar surface area (TPSA) is 63.4 Å². The van der Waals surface area contributed by atoms with Crippen LogP contribution in [0.3, 0.4) is 0 Å². The molecule has 0 unspecified atom stereocenters. The minimum atomic E-state index is -0.380. The summed E-state index contributed by atoms with van der Waals surface area (Å²) in [7, 11) is 0. The second kappa shape index (κ2) is 7.86. The first-order valence-corrected chi connectivity index (χ1v) is 9.62. The molecule has 0 N–H and O–H groups in total. The van der Waals surface area contributed by atoms with Gasteiger partial charge in [0.2, 0.25) is 11.1 Å². The zero-order valence-electron chi connectivity index (χ0n) is 15.5. The van der Waals surface area contributed by atoms with Crippen molar-refractivity contribution in [3.63, 3.8) is 0 Å². The molecule has 1 atom stereocenters. The molecule has 2 aromatic heterocycles. The van der Waals surface area contributed by atoms with Gasteiger partial charge in [0.15, 0.2) is 0 Å². The fourth-order valence-electron chi connectivity index (χ4n) is 2.89. The van der Waals surface area contributed by atoms with Crippen molar-refractivity contribution in [2.75, 3.05) is 13.1 Å². The molecule has 0 spiro atoms. The molecule has 3 rings (SSSR count). The number of aromatic nitrogens is 4. The van der Waals surface area contributed by atoms with Crippen LogP contribution >= 0.6 is 11.8 Å². The molecule has 2 heterocycles. The number of carbonyl (C=O) groups is 1. The number of thioether (sulfide) groups is 1. The lowest BCUT2D eigenvalue weighted by molar-refractivity contribution is -0.130. The fourth-order valence-corrected chi connectivity index (χ4v) is 3.91. The lowest BCUT2D eigenvalue weighted by Gasteiger charge is -2.24. The van der Waals surface area contributed by atoms with Crippen molar-refractivity contribution >= 4 is 23.4 Å².